The Morgan fingerprint density at radius 1 is 1.08 bits per heavy atom. The Kier molecular flexibility index (Phi) is 4.32. The summed E-state index contributed by atoms with van der Waals surface area (Å²) in [4.78, 5) is 23.1. The van der Waals surface area contributed by atoms with Gasteiger partial charge in [0.05, 0.1) is 0 Å². The summed E-state index contributed by atoms with van der Waals surface area (Å²) in [5.74, 6) is 5.67. The number of hydrogen-bond donors (Lipinski definition) is 1. The molecule has 0 fully saturated rings. The molecule has 3 aromatic rings. The van der Waals surface area contributed by atoms with Crippen molar-refractivity contribution in [3.05, 3.63) is 80.8 Å². The number of aromatic nitrogens is 2. The SMILES string of the molecule is CC(=O)c1ccc(C#Cc2c(=O)o[nH][n+]2-c2ccc(Cl)cc2)cc1. The van der Waals surface area contributed by atoms with E-state index in [1.165, 1.54) is 11.6 Å². The first-order valence-corrected chi connectivity index (χ1v) is 7.45. The van der Waals surface area contributed by atoms with Crippen molar-refractivity contribution < 1.29 is 14.0 Å². The van der Waals surface area contributed by atoms with Crippen LogP contribution in [0.4, 0.5) is 0 Å². The molecule has 0 saturated heterocycles. The molecule has 0 bridgehead atoms. The lowest BCUT2D eigenvalue weighted by atomic mass is 10.1. The minimum Gasteiger partial charge on any atom is -0.295 e. The molecular formula is C18H12ClN2O3+. The summed E-state index contributed by atoms with van der Waals surface area (Å²) < 4.78 is 6.26. The summed E-state index contributed by atoms with van der Waals surface area (Å²) >= 11 is 5.86. The second-order valence-electron chi connectivity index (χ2n) is 5.02. The Bertz CT molecular complexity index is 1000. The van der Waals surface area contributed by atoms with Gasteiger partial charge in [0.15, 0.2) is 5.78 Å². The smallest absolute Gasteiger partial charge is 0.295 e. The third kappa shape index (κ3) is 3.29. The lowest BCUT2D eigenvalue weighted by Crippen LogP contribution is -2.37. The van der Waals surface area contributed by atoms with E-state index in [4.69, 9.17) is 16.1 Å². The van der Waals surface area contributed by atoms with Crippen molar-refractivity contribution in [1.29, 1.82) is 0 Å². The van der Waals surface area contributed by atoms with Crippen LogP contribution in [0.5, 0.6) is 0 Å². The molecule has 3 rings (SSSR count). The predicted molar refractivity (Wildman–Crippen MR) is 88.3 cm³/mol. The molecule has 0 spiro atoms. The fourth-order valence-electron chi connectivity index (χ4n) is 2.07. The average molecular weight is 340 g/mol. The topological polar surface area (TPSA) is 67.0 Å². The van der Waals surface area contributed by atoms with Gasteiger partial charge in [0.25, 0.3) is 0 Å². The first-order chi connectivity index (χ1) is 11.5. The van der Waals surface area contributed by atoms with E-state index in [0.29, 0.717) is 21.8 Å². The van der Waals surface area contributed by atoms with Gasteiger partial charge in [0.2, 0.25) is 5.69 Å². The summed E-state index contributed by atoms with van der Waals surface area (Å²) in [7, 11) is 0. The van der Waals surface area contributed by atoms with Crippen molar-refractivity contribution in [2.24, 2.45) is 0 Å². The van der Waals surface area contributed by atoms with Gasteiger partial charge >= 0.3 is 11.3 Å². The zero-order valence-corrected chi connectivity index (χ0v) is 13.4. The lowest BCUT2D eigenvalue weighted by molar-refractivity contribution is -0.672. The van der Waals surface area contributed by atoms with Crippen LogP contribution in [-0.2, 0) is 0 Å². The van der Waals surface area contributed by atoms with Gasteiger partial charge in [0.1, 0.15) is 0 Å². The Balaban J connectivity index is 1.97. The third-order valence-corrected chi connectivity index (χ3v) is 3.60. The van der Waals surface area contributed by atoms with E-state index < -0.39 is 5.63 Å². The Morgan fingerprint density at radius 2 is 1.75 bits per heavy atom. The van der Waals surface area contributed by atoms with E-state index in [0.717, 1.165) is 0 Å². The summed E-state index contributed by atoms with van der Waals surface area (Å²) in [6, 6.07) is 13.7. The van der Waals surface area contributed by atoms with Gasteiger partial charge in [-0.3, -0.25) is 9.32 Å². The van der Waals surface area contributed by atoms with E-state index in [-0.39, 0.29) is 11.5 Å². The molecule has 0 aliphatic rings. The number of benzene rings is 2. The maximum atomic E-state index is 11.9. The molecule has 0 aliphatic heterocycles. The number of nitrogens with zero attached hydrogens (tertiary/aromatic N) is 1. The van der Waals surface area contributed by atoms with Gasteiger partial charge in [0, 0.05) is 34.2 Å². The van der Waals surface area contributed by atoms with Gasteiger partial charge in [-0.25, -0.2) is 4.79 Å². The fourth-order valence-corrected chi connectivity index (χ4v) is 2.20. The van der Waals surface area contributed by atoms with Crippen LogP contribution in [0.2, 0.25) is 5.02 Å². The number of aromatic amines is 1. The Morgan fingerprint density at radius 3 is 2.38 bits per heavy atom. The van der Waals surface area contributed by atoms with Crippen molar-refractivity contribution in [2.75, 3.05) is 0 Å². The highest BCUT2D eigenvalue weighted by Gasteiger charge is 2.21. The van der Waals surface area contributed by atoms with Crippen LogP contribution in [0, 0.1) is 11.8 Å². The highest BCUT2D eigenvalue weighted by atomic mass is 35.5. The molecule has 2 aromatic carbocycles. The maximum absolute atomic E-state index is 11.9. The van der Waals surface area contributed by atoms with Gasteiger partial charge in [-0.1, -0.05) is 29.7 Å². The number of hydrogen-bond acceptors (Lipinski definition) is 3. The zero-order chi connectivity index (χ0) is 17.1. The van der Waals surface area contributed by atoms with Crippen molar-refractivity contribution in [1.82, 2.24) is 5.27 Å². The van der Waals surface area contributed by atoms with Crippen LogP contribution in [0.25, 0.3) is 5.69 Å². The van der Waals surface area contributed by atoms with E-state index in [1.54, 1.807) is 48.5 Å². The number of ketones is 1. The molecule has 0 aliphatic carbocycles. The lowest BCUT2D eigenvalue weighted by Gasteiger charge is -1.94. The maximum Gasteiger partial charge on any atom is 0.444 e. The molecule has 0 atom stereocenters. The van der Waals surface area contributed by atoms with E-state index in [9.17, 15) is 9.59 Å². The van der Waals surface area contributed by atoms with Crippen LogP contribution in [0.1, 0.15) is 28.5 Å². The van der Waals surface area contributed by atoms with Crippen LogP contribution >= 0.6 is 11.6 Å². The molecule has 118 valence electrons. The quantitative estimate of drug-likeness (QED) is 0.443. The molecule has 5 nitrogen and oxygen atoms in total. The summed E-state index contributed by atoms with van der Waals surface area (Å²) in [6.07, 6.45) is 0. The number of carbonyl (C=O) groups excluding carboxylic acids is 1. The molecule has 0 radical (unpaired) electrons. The number of nitrogens with one attached hydrogen (secondary N) is 1. The first-order valence-electron chi connectivity index (χ1n) is 7.07. The summed E-state index contributed by atoms with van der Waals surface area (Å²) in [5.41, 5.74) is 1.55. The molecular weight excluding hydrogens is 328 g/mol. The van der Waals surface area contributed by atoms with Crippen molar-refractivity contribution in [2.45, 2.75) is 6.92 Å². The van der Waals surface area contributed by atoms with E-state index >= 15 is 0 Å². The highest BCUT2D eigenvalue weighted by molar-refractivity contribution is 6.30. The summed E-state index contributed by atoms with van der Waals surface area (Å²) in [5, 5.41) is 3.10. The normalized spacial score (nSPS) is 10.1. The minimum atomic E-state index is -0.571. The molecule has 1 aromatic heterocycles. The van der Waals surface area contributed by atoms with Crippen molar-refractivity contribution >= 4 is 17.4 Å². The van der Waals surface area contributed by atoms with E-state index in [1.807, 2.05) is 0 Å². The molecule has 0 unspecified atom stereocenters. The largest absolute Gasteiger partial charge is 0.444 e. The molecule has 0 amide bonds. The van der Waals surface area contributed by atoms with Gasteiger partial charge < -0.3 is 0 Å². The molecule has 24 heavy (non-hydrogen) atoms. The van der Waals surface area contributed by atoms with Gasteiger partial charge in [-0.05, 0) is 41.1 Å². The molecule has 0 saturated carbocycles. The second kappa shape index (κ2) is 6.57. The number of Topliss-reactive ketones (excluding diaryl/α,β-unsaturated/α-hetero) is 1. The second-order valence-corrected chi connectivity index (χ2v) is 5.46. The highest BCUT2D eigenvalue weighted by Crippen LogP contribution is 2.09. The average Bonchev–Trinajstić information content (AvgIpc) is 2.95. The number of H-pyrrole nitrogens is 1. The molecule has 1 N–H and O–H groups in total. The van der Waals surface area contributed by atoms with Crippen LogP contribution in [-0.4, -0.2) is 11.1 Å². The number of halogens is 1. The monoisotopic (exact) mass is 339 g/mol. The Labute approximate surface area is 142 Å². The van der Waals surface area contributed by atoms with Gasteiger partial charge in [-0.15, -0.1) is 0 Å². The van der Waals surface area contributed by atoms with Crippen molar-refractivity contribution in [3.63, 3.8) is 0 Å². The van der Waals surface area contributed by atoms with E-state index in [2.05, 4.69) is 17.1 Å². The third-order valence-electron chi connectivity index (χ3n) is 3.35. The van der Waals surface area contributed by atoms with Crippen LogP contribution in [0.3, 0.4) is 0 Å². The molecule has 6 heteroatoms. The Hall–Kier alpha value is -3.10. The van der Waals surface area contributed by atoms with Crippen molar-refractivity contribution in [3.8, 4) is 17.5 Å². The number of rotatable bonds is 2. The predicted octanol–water partition coefficient (Wildman–Crippen LogP) is 2.50. The minimum absolute atomic E-state index is 0.0126. The van der Waals surface area contributed by atoms with Gasteiger partial charge in [-0.2, -0.15) is 0 Å². The molecule has 1 heterocycles. The summed E-state index contributed by atoms with van der Waals surface area (Å²) in [6.45, 7) is 1.50. The first kappa shape index (κ1) is 15.8. The van der Waals surface area contributed by atoms with Crippen LogP contribution in [0.15, 0.2) is 57.8 Å². The van der Waals surface area contributed by atoms with Crippen LogP contribution < -0.4 is 10.3 Å². The number of carbonyl (C=O) groups is 1. The standard InChI is InChI=1S/C18H11ClN2O3/c1-12(22)14-5-2-13(3-6-14)4-11-17-18(23)24-20-21(17)16-9-7-15(19)8-10-16/h2-3,5-10H,1H3/p+1. The zero-order valence-electron chi connectivity index (χ0n) is 12.7. The fraction of sp³-hybridized carbons (Fsp3) is 0.0556.